The summed E-state index contributed by atoms with van der Waals surface area (Å²) in [4.78, 5) is 24.6. The van der Waals surface area contributed by atoms with Crippen molar-refractivity contribution < 1.29 is 9.59 Å². The largest absolute Gasteiger partial charge is 0.341 e. The summed E-state index contributed by atoms with van der Waals surface area (Å²) in [5, 5.41) is 14.8. The van der Waals surface area contributed by atoms with Crippen LogP contribution in [0.5, 0.6) is 0 Å². The quantitative estimate of drug-likeness (QED) is 0.637. The Kier molecular flexibility index (Phi) is 8.46. The van der Waals surface area contributed by atoms with E-state index in [-0.39, 0.29) is 12.5 Å². The first-order chi connectivity index (χ1) is 13.0. The molecule has 0 bridgehead atoms. The highest BCUT2D eigenvalue weighted by molar-refractivity contribution is 7.98. The number of rotatable bonds is 8. The van der Waals surface area contributed by atoms with Gasteiger partial charge in [-0.15, -0.1) is 0 Å². The van der Waals surface area contributed by atoms with Crippen LogP contribution < -0.4 is 10.6 Å². The molecule has 1 atom stereocenters. The lowest BCUT2D eigenvalue weighted by atomic mass is 10.2. The van der Waals surface area contributed by atoms with Gasteiger partial charge < -0.3 is 10.6 Å². The fraction of sp³-hybridized carbons (Fsp3) is 0.211. The maximum absolute atomic E-state index is 12.4. The second-order valence-corrected chi connectivity index (χ2v) is 7.38. The molecule has 27 heavy (non-hydrogen) atoms. The van der Waals surface area contributed by atoms with Crippen molar-refractivity contribution in [3.05, 3.63) is 69.7 Å². The van der Waals surface area contributed by atoms with Crippen molar-refractivity contribution in [1.82, 2.24) is 10.6 Å². The van der Waals surface area contributed by atoms with Gasteiger partial charge in [0.2, 0.25) is 5.91 Å². The van der Waals surface area contributed by atoms with Crippen molar-refractivity contribution >= 4 is 46.8 Å². The summed E-state index contributed by atoms with van der Waals surface area (Å²) in [7, 11) is 0. The zero-order valence-corrected chi connectivity index (χ0v) is 16.6. The number of benzene rings is 2. The van der Waals surface area contributed by atoms with Gasteiger partial charge in [0.05, 0.1) is 16.1 Å². The predicted molar refractivity (Wildman–Crippen MR) is 109 cm³/mol. The van der Waals surface area contributed by atoms with E-state index in [0.29, 0.717) is 27.1 Å². The van der Waals surface area contributed by atoms with Gasteiger partial charge in [0.15, 0.2) is 0 Å². The minimum atomic E-state index is -0.765. The highest BCUT2D eigenvalue weighted by Crippen LogP contribution is 2.24. The molecule has 0 saturated carbocycles. The minimum absolute atomic E-state index is 0.117. The van der Waals surface area contributed by atoms with E-state index in [0.717, 1.165) is 5.56 Å². The van der Waals surface area contributed by atoms with Gasteiger partial charge >= 0.3 is 0 Å². The van der Waals surface area contributed by atoms with Gasteiger partial charge in [-0.3, -0.25) is 9.59 Å². The molecule has 0 aliphatic rings. The summed E-state index contributed by atoms with van der Waals surface area (Å²) in [5.74, 6) is 0.196. The Morgan fingerprint density at radius 3 is 2.52 bits per heavy atom. The van der Waals surface area contributed by atoms with Crippen molar-refractivity contribution in [1.29, 1.82) is 5.26 Å². The summed E-state index contributed by atoms with van der Waals surface area (Å²) < 4.78 is 0. The molecule has 2 aromatic rings. The summed E-state index contributed by atoms with van der Waals surface area (Å²) in [6, 6.07) is 15.1. The molecule has 2 rings (SSSR count). The third-order valence-corrected chi connectivity index (χ3v) is 5.38. The van der Waals surface area contributed by atoms with Gasteiger partial charge in [0, 0.05) is 17.1 Å². The molecule has 5 nitrogen and oxygen atoms in total. The Bertz CT molecular complexity index is 841. The Morgan fingerprint density at radius 1 is 1.11 bits per heavy atom. The van der Waals surface area contributed by atoms with Crippen LogP contribution in [-0.2, 0) is 10.5 Å². The smallest absolute Gasteiger partial charge is 0.251 e. The number of halogens is 2. The van der Waals surface area contributed by atoms with E-state index in [1.807, 2.05) is 12.1 Å². The monoisotopic (exact) mass is 421 g/mol. The number of hydrogen-bond acceptors (Lipinski definition) is 4. The van der Waals surface area contributed by atoms with E-state index >= 15 is 0 Å². The van der Waals surface area contributed by atoms with Gasteiger partial charge in [0.1, 0.15) is 12.6 Å². The number of thioether (sulfide) groups is 1. The third kappa shape index (κ3) is 6.79. The first kappa shape index (κ1) is 21.1. The summed E-state index contributed by atoms with van der Waals surface area (Å²) in [6.07, 6.45) is 0. The van der Waals surface area contributed by atoms with Gasteiger partial charge in [-0.05, 0) is 29.8 Å². The van der Waals surface area contributed by atoms with Crippen molar-refractivity contribution in [2.75, 3.05) is 12.3 Å². The van der Waals surface area contributed by atoms with Crippen LogP contribution in [0.25, 0.3) is 0 Å². The average Bonchev–Trinajstić information content (AvgIpc) is 2.68. The van der Waals surface area contributed by atoms with Gasteiger partial charge in [-0.2, -0.15) is 17.0 Å². The van der Waals surface area contributed by atoms with E-state index in [1.54, 1.807) is 42.5 Å². The number of nitriles is 1. The molecule has 8 heteroatoms. The van der Waals surface area contributed by atoms with Crippen LogP contribution in [0, 0.1) is 11.3 Å². The number of carbonyl (C=O) groups is 2. The van der Waals surface area contributed by atoms with Crippen LogP contribution in [-0.4, -0.2) is 30.2 Å². The zero-order valence-electron chi connectivity index (χ0n) is 14.2. The van der Waals surface area contributed by atoms with E-state index < -0.39 is 11.9 Å². The Morgan fingerprint density at radius 2 is 1.85 bits per heavy atom. The number of nitrogens with one attached hydrogen (secondary N) is 2. The maximum Gasteiger partial charge on any atom is 0.251 e. The molecule has 2 aromatic carbocycles. The topological polar surface area (TPSA) is 82.0 Å². The molecule has 0 aliphatic heterocycles. The zero-order chi connectivity index (χ0) is 19.6. The molecular weight excluding hydrogens is 405 g/mol. The Hall–Kier alpha value is -2.20. The highest BCUT2D eigenvalue weighted by atomic mass is 35.5. The van der Waals surface area contributed by atoms with Crippen molar-refractivity contribution in [2.24, 2.45) is 0 Å². The van der Waals surface area contributed by atoms with E-state index in [4.69, 9.17) is 28.5 Å². The molecule has 0 fully saturated rings. The minimum Gasteiger partial charge on any atom is -0.341 e. The second kappa shape index (κ2) is 10.8. The molecule has 140 valence electrons. The lowest BCUT2D eigenvalue weighted by molar-refractivity contribution is -0.122. The van der Waals surface area contributed by atoms with Crippen LogP contribution in [0.1, 0.15) is 15.9 Å². The molecule has 2 N–H and O–H groups in total. The van der Waals surface area contributed by atoms with Crippen LogP contribution >= 0.6 is 35.0 Å². The van der Waals surface area contributed by atoms with Crippen molar-refractivity contribution in [3.63, 3.8) is 0 Å². The highest BCUT2D eigenvalue weighted by Gasteiger charge is 2.21. The molecule has 2 amide bonds. The van der Waals surface area contributed by atoms with Gasteiger partial charge in [0.25, 0.3) is 5.91 Å². The number of hydrogen-bond donors (Lipinski definition) is 2. The Labute approximate surface area is 172 Å². The molecular formula is C19H17Cl2N3O2S. The van der Waals surface area contributed by atoms with Crippen molar-refractivity contribution in [3.8, 4) is 6.07 Å². The van der Waals surface area contributed by atoms with Crippen LogP contribution in [0.15, 0.2) is 48.5 Å². The summed E-state index contributed by atoms with van der Waals surface area (Å²) in [6.45, 7) is -0.117. The Balaban J connectivity index is 1.99. The molecule has 0 aromatic heterocycles. The molecule has 0 radical (unpaired) electrons. The average molecular weight is 422 g/mol. The first-order valence-electron chi connectivity index (χ1n) is 8.03. The van der Waals surface area contributed by atoms with Crippen LogP contribution in [0.3, 0.4) is 0 Å². The van der Waals surface area contributed by atoms with E-state index in [1.165, 1.54) is 11.8 Å². The maximum atomic E-state index is 12.4. The molecule has 0 aliphatic carbocycles. The number of nitrogens with zero attached hydrogens (tertiary/aromatic N) is 1. The normalized spacial score (nSPS) is 11.3. The van der Waals surface area contributed by atoms with Crippen molar-refractivity contribution in [2.45, 2.75) is 11.8 Å². The predicted octanol–water partition coefficient (Wildman–Crippen LogP) is 3.66. The molecule has 0 unspecified atom stereocenters. The van der Waals surface area contributed by atoms with E-state index in [9.17, 15) is 9.59 Å². The van der Waals surface area contributed by atoms with Gasteiger partial charge in [-0.1, -0.05) is 47.5 Å². The number of carbonyl (C=O) groups excluding carboxylic acids is 2. The second-order valence-electron chi connectivity index (χ2n) is 5.53. The lowest BCUT2D eigenvalue weighted by Crippen LogP contribution is -2.48. The first-order valence-corrected chi connectivity index (χ1v) is 9.94. The third-order valence-electron chi connectivity index (χ3n) is 3.54. The van der Waals surface area contributed by atoms with Gasteiger partial charge in [-0.25, -0.2) is 0 Å². The fourth-order valence-electron chi connectivity index (χ4n) is 2.19. The summed E-state index contributed by atoms with van der Waals surface area (Å²) in [5.41, 5.74) is 1.42. The fourth-order valence-corrected chi connectivity index (χ4v) is 3.51. The lowest BCUT2D eigenvalue weighted by Gasteiger charge is -2.17. The summed E-state index contributed by atoms with van der Waals surface area (Å²) >= 11 is 13.4. The SMILES string of the molecule is N#CCNC(=O)[C@H](CSCc1ccc(Cl)c(Cl)c1)NC(=O)c1ccccc1. The molecule has 0 heterocycles. The number of amides is 2. The van der Waals surface area contributed by atoms with Crippen LogP contribution in [0.4, 0.5) is 0 Å². The molecule has 0 spiro atoms. The van der Waals surface area contributed by atoms with E-state index in [2.05, 4.69) is 10.6 Å². The molecule has 0 saturated heterocycles. The standard InChI is InChI=1S/C19H17Cl2N3O2S/c20-15-7-6-13(10-16(15)21)11-27-12-17(19(26)23-9-8-22)24-18(25)14-4-2-1-3-5-14/h1-7,10,17H,9,11-12H2,(H,23,26)(H,24,25)/t17-/m0/s1. The van der Waals surface area contributed by atoms with Crippen LogP contribution in [0.2, 0.25) is 10.0 Å².